The van der Waals surface area contributed by atoms with Crippen LogP contribution in [0.3, 0.4) is 0 Å². The fourth-order valence-electron chi connectivity index (χ4n) is 1.98. The lowest BCUT2D eigenvalue weighted by Crippen LogP contribution is -2.39. The van der Waals surface area contributed by atoms with Crippen LogP contribution in [0.4, 0.5) is 4.79 Å². The van der Waals surface area contributed by atoms with Gasteiger partial charge in [-0.1, -0.05) is 18.2 Å². The molecule has 4 nitrogen and oxygen atoms in total. The van der Waals surface area contributed by atoms with E-state index in [4.69, 9.17) is 4.74 Å². The van der Waals surface area contributed by atoms with Crippen LogP contribution in [0.25, 0.3) is 0 Å². The molecule has 1 heterocycles. The second-order valence-corrected chi connectivity index (χ2v) is 4.35. The number of carbonyl (C=O) groups excluding carboxylic acids is 1. The predicted molar refractivity (Wildman–Crippen MR) is 66.1 cm³/mol. The Hall–Kier alpha value is -1.55. The highest BCUT2D eigenvalue weighted by Gasteiger charge is 2.19. The molecule has 17 heavy (non-hydrogen) atoms. The maximum Gasteiger partial charge on any atom is 0.415 e. The summed E-state index contributed by atoms with van der Waals surface area (Å²) in [5, 5.41) is 3.36. The van der Waals surface area contributed by atoms with Gasteiger partial charge in [-0.25, -0.2) is 4.79 Å². The zero-order valence-electron chi connectivity index (χ0n) is 10.1. The zero-order chi connectivity index (χ0) is 12.1. The fourth-order valence-corrected chi connectivity index (χ4v) is 1.98. The molecule has 1 aromatic rings. The lowest BCUT2D eigenvalue weighted by Gasteiger charge is -2.20. The number of hydrogen-bond acceptors (Lipinski definition) is 3. The lowest BCUT2D eigenvalue weighted by molar-refractivity contribution is 0.159. The lowest BCUT2D eigenvalue weighted by atomic mass is 10.2. The maximum atomic E-state index is 11.8. The van der Waals surface area contributed by atoms with Gasteiger partial charge in [-0.2, -0.15) is 0 Å². The van der Waals surface area contributed by atoms with Gasteiger partial charge in [0.2, 0.25) is 0 Å². The molecular weight excluding hydrogens is 216 g/mol. The second-order valence-electron chi connectivity index (χ2n) is 4.35. The van der Waals surface area contributed by atoms with Gasteiger partial charge in [-0.3, -0.25) is 0 Å². The van der Waals surface area contributed by atoms with E-state index in [1.165, 1.54) is 6.42 Å². The summed E-state index contributed by atoms with van der Waals surface area (Å²) in [7, 11) is 1.77. The van der Waals surface area contributed by atoms with Crippen molar-refractivity contribution in [1.82, 2.24) is 10.2 Å². The molecule has 1 aromatic carbocycles. The van der Waals surface area contributed by atoms with E-state index in [0.717, 1.165) is 13.0 Å². The number of amides is 1. The molecule has 1 atom stereocenters. The molecule has 0 radical (unpaired) electrons. The van der Waals surface area contributed by atoms with Gasteiger partial charge in [0.1, 0.15) is 5.75 Å². The summed E-state index contributed by atoms with van der Waals surface area (Å²) in [5.74, 6) is 0.587. The summed E-state index contributed by atoms with van der Waals surface area (Å²) in [6, 6.07) is 9.55. The molecule has 2 rings (SSSR count). The van der Waals surface area contributed by atoms with E-state index in [9.17, 15) is 4.79 Å². The first-order valence-electron chi connectivity index (χ1n) is 5.97. The fraction of sp³-hybridized carbons (Fsp3) is 0.462. The molecule has 0 bridgehead atoms. The molecule has 1 fully saturated rings. The number of benzene rings is 1. The number of carbonyl (C=O) groups is 1. The summed E-state index contributed by atoms with van der Waals surface area (Å²) in [6.07, 6.45) is 2.01. The van der Waals surface area contributed by atoms with Gasteiger partial charge in [0.25, 0.3) is 0 Å². The van der Waals surface area contributed by atoms with Crippen molar-refractivity contribution in [3.63, 3.8) is 0 Å². The van der Waals surface area contributed by atoms with Crippen molar-refractivity contribution in [1.29, 1.82) is 0 Å². The molecule has 0 aromatic heterocycles. The van der Waals surface area contributed by atoms with Crippen LogP contribution in [-0.4, -0.2) is 37.2 Å². The number of hydrogen-bond donors (Lipinski definition) is 1. The van der Waals surface area contributed by atoms with Crippen LogP contribution in [0, 0.1) is 0 Å². The van der Waals surface area contributed by atoms with Gasteiger partial charge in [0.05, 0.1) is 0 Å². The Morgan fingerprint density at radius 3 is 2.88 bits per heavy atom. The number of likely N-dealkylation sites (N-methyl/N-ethyl adjacent to an activating group) is 1. The maximum absolute atomic E-state index is 11.8. The van der Waals surface area contributed by atoms with E-state index < -0.39 is 0 Å². The normalized spacial score (nSPS) is 19.0. The minimum absolute atomic E-state index is 0.301. The molecule has 1 saturated heterocycles. The average Bonchev–Trinajstić information content (AvgIpc) is 2.83. The van der Waals surface area contributed by atoms with Crippen molar-refractivity contribution in [3.05, 3.63) is 30.3 Å². The van der Waals surface area contributed by atoms with Crippen LogP contribution in [-0.2, 0) is 0 Å². The highest BCUT2D eigenvalue weighted by atomic mass is 16.6. The monoisotopic (exact) mass is 234 g/mol. The average molecular weight is 234 g/mol. The van der Waals surface area contributed by atoms with Crippen molar-refractivity contribution < 1.29 is 9.53 Å². The third-order valence-electron chi connectivity index (χ3n) is 2.92. The van der Waals surface area contributed by atoms with Gasteiger partial charge in [0.15, 0.2) is 0 Å². The predicted octanol–water partition coefficient (Wildman–Crippen LogP) is 1.87. The minimum atomic E-state index is -0.301. The van der Waals surface area contributed by atoms with Crippen LogP contribution in [0.2, 0.25) is 0 Å². The molecule has 0 aliphatic carbocycles. The summed E-state index contributed by atoms with van der Waals surface area (Å²) in [6.45, 7) is 1.75. The van der Waals surface area contributed by atoms with Crippen molar-refractivity contribution in [2.24, 2.45) is 0 Å². The molecule has 1 aliphatic heterocycles. The summed E-state index contributed by atoms with van der Waals surface area (Å²) < 4.78 is 5.25. The second kappa shape index (κ2) is 5.68. The molecular formula is C13H18N2O2. The van der Waals surface area contributed by atoms with E-state index in [2.05, 4.69) is 5.32 Å². The molecule has 1 aliphatic rings. The molecule has 4 heteroatoms. The van der Waals surface area contributed by atoms with E-state index in [1.54, 1.807) is 24.1 Å². The Morgan fingerprint density at radius 2 is 2.24 bits per heavy atom. The first-order valence-corrected chi connectivity index (χ1v) is 5.97. The van der Waals surface area contributed by atoms with Crippen LogP contribution >= 0.6 is 0 Å². The SMILES string of the molecule is CN(CC1CCCN1)C(=O)Oc1ccccc1. The van der Waals surface area contributed by atoms with Crippen LogP contribution < -0.4 is 10.1 Å². The summed E-state index contributed by atoms with van der Waals surface area (Å²) >= 11 is 0. The highest BCUT2D eigenvalue weighted by molar-refractivity contribution is 5.70. The van der Waals surface area contributed by atoms with Gasteiger partial charge < -0.3 is 15.0 Å². The van der Waals surface area contributed by atoms with Crippen molar-refractivity contribution in [2.45, 2.75) is 18.9 Å². The topological polar surface area (TPSA) is 41.6 Å². The quantitative estimate of drug-likeness (QED) is 0.868. The number of para-hydroxylation sites is 1. The Morgan fingerprint density at radius 1 is 1.47 bits per heavy atom. The molecule has 1 N–H and O–H groups in total. The number of nitrogens with one attached hydrogen (secondary N) is 1. The number of nitrogens with zero attached hydrogens (tertiary/aromatic N) is 1. The first kappa shape index (κ1) is 11.9. The molecule has 0 spiro atoms. The molecule has 1 amide bonds. The van der Waals surface area contributed by atoms with Crippen LogP contribution in [0.5, 0.6) is 5.75 Å². The van der Waals surface area contributed by atoms with Gasteiger partial charge in [0, 0.05) is 19.6 Å². The Kier molecular flexibility index (Phi) is 3.98. The van der Waals surface area contributed by atoms with Gasteiger partial charge in [-0.15, -0.1) is 0 Å². The van der Waals surface area contributed by atoms with E-state index in [0.29, 0.717) is 18.3 Å². The van der Waals surface area contributed by atoms with E-state index >= 15 is 0 Å². The largest absolute Gasteiger partial charge is 0.415 e. The third kappa shape index (κ3) is 3.46. The molecule has 0 saturated carbocycles. The van der Waals surface area contributed by atoms with Crippen molar-refractivity contribution in [2.75, 3.05) is 20.1 Å². The van der Waals surface area contributed by atoms with Crippen molar-refractivity contribution in [3.8, 4) is 5.75 Å². The van der Waals surface area contributed by atoms with E-state index in [1.807, 2.05) is 18.2 Å². The Labute approximate surface area is 102 Å². The van der Waals surface area contributed by atoms with Crippen molar-refractivity contribution >= 4 is 6.09 Å². The number of ether oxygens (including phenoxy) is 1. The smallest absolute Gasteiger partial charge is 0.410 e. The standard InChI is InChI=1S/C13H18N2O2/c1-15(10-11-6-5-9-14-11)13(16)17-12-7-3-2-4-8-12/h2-4,7-8,11,14H,5-6,9-10H2,1H3. The van der Waals surface area contributed by atoms with Crippen LogP contribution in [0.15, 0.2) is 30.3 Å². The number of rotatable bonds is 3. The Bertz CT molecular complexity index is 361. The first-order chi connectivity index (χ1) is 8.25. The van der Waals surface area contributed by atoms with Gasteiger partial charge >= 0.3 is 6.09 Å². The molecule has 92 valence electrons. The molecule has 1 unspecified atom stereocenters. The van der Waals surface area contributed by atoms with Gasteiger partial charge in [-0.05, 0) is 31.5 Å². The van der Waals surface area contributed by atoms with E-state index in [-0.39, 0.29) is 6.09 Å². The Balaban J connectivity index is 1.82. The highest BCUT2D eigenvalue weighted by Crippen LogP contribution is 2.11. The summed E-state index contributed by atoms with van der Waals surface area (Å²) in [5.41, 5.74) is 0. The zero-order valence-corrected chi connectivity index (χ0v) is 10.1. The third-order valence-corrected chi connectivity index (χ3v) is 2.92. The minimum Gasteiger partial charge on any atom is -0.410 e. The summed E-state index contributed by atoms with van der Waals surface area (Å²) in [4.78, 5) is 13.4. The van der Waals surface area contributed by atoms with Crippen LogP contribution in [0.1, 0.15) is 12.8 Å².